The van der Waals surface area contributed by atoms with Crippen molar-refractivity contribution in [1.82, 2.24) is 5.32 Å². The van der Waals surface area contributed by atoms with Crippen LogP contribution in [0.25, 0.3) is 0 Å². The Kier molecular flexibility index (Phi) is 6.63. The highest BCUT2D eigenvalue weighted by molar-refractivity contribution is 5.88. The van der Waals surface area contributed by atoms with Crippen LogP contribution >= 0.6 is 12.4 Å². The van der Waals surface area contributed by atoms with Crippen LogP contribution in [0.4, 0.5) is 0 Å². The molecule has 4 nitrogen and oxygen atoms in total. The molecule has 1 amide bonds. The van der Waals surface area contributed by atoms with Crippen LogP contribution in [-0.4, -0.2) is 30.7 Å². The quantitative estimate of drug-likeness (QED) is 0.836. The van der Waals surface area contributed by atoms with E-state index in [4.69, 9.17) is 10.5 Å². The van der Waals surface area contributed by atoms with E-state index in [0.29, 0.717) is 19.6 Å². The van der Waals surface area contributed by atoms with Crippen molar-refractivity contribution in [3.8, 4) is 0 Å². The van der Waals surface area contributed by atoms with Crippen LogP contribution in [-0.2, 0) is 16.0 Å². The SMILES string of the molecule is CCOC1CC(N)(C(=O)NCCc2ccc(C)cc2)C1(C)C.Cl. The maximum Gasteiger partial charge on any atom is 0.240 e. The van der Waals surface area contributed by atoms with Gasteiger partial charge in [-0.05, 0) is 25.8 Å². The summed E-state index contributed by atoms with van der Waals surface area (Å²) in [6, 6.07) is 8.36. The normalized spacial score (nSPS) is 25.2. The molecule has 130 valence electrons. The zero-order valence-corrected chi connectivity index (χ0v) is 15.3. The van der Waals surface area contributed by atoms with Gasteiger partial charge in [-0.15, -0.1) is 12.4 Å². The van der Waals surface area contributed by atoms with E-state index < -0.39 is 5.54 Å². The molecule has 1 aliphatic rings. The number of hydrogen-bond donors (Lipinski definition) is 2. The zero-order valence-electron chi connectivity index (χ0n) is 14.5. The minimum absolute atomic E-state index is 0. The first-order chi connectivity index (χ1) is 10.3. The van der Waals surface area contributed by atoms with Gasteiger partial charge in [0.2, 0.25) is 5.91 Å². The topological polar surface area (TPSA) is 64.3 Å². The molecule has 1 saturated carbocycles. The molecule has 0 aliphatic heterocycles. The molecule has 5 heteroatoms. The van der Waals surface area contributed by atoms with Crippen molar-refractivity contribution in [3.63, 3.8) is 0 Å². The summed E-state index contributed by atoms with van der Waals surface area (Å²) in [6.45, 7) is 9.31. The summed E-state index contributed by atoms with van der Waals surface area (Å²) in [5.41, 5.74) is 7.64. The Morgan fingerprint density at radius 2 is 1.96 bits per heavy atom. The van der Waals surface area contributed by atoms with E-state index in [1.807, 2.05) is 20.8 Å². The van der Waals surface area contributed by atoms with Gasteiger partial charge in [0.25, 0.3) is 0 Å². The van der Waals surface area contributed by atoms with E-state index in [-0.39, 0.29) is 29.8 Å². The predicted octanol–water partition coefficient (Wildman–Crippen LogP) is 2.61. The lowest BCUT2D eigenvalue weighted by Crippen LogP contribution is -2.75. The fourth-order valence-electron chi connectivity index (χ4n) is 3.05. The summed E-state index contributed by atoms with van der Waals surface area (Å²) in [5.74, 6) is -0.0689. The molecular weight excluding hydrogens is 312 g/mol. The number of carbonyl (C=O) groups is 1. The second kappa shape index (κ2) is 7.65. The Balaban J connectivity index is 0.00000264. The number of nitrogens with one attached hydrogen (secondary N) is 1. The second-order valence-corrected chi connectivity index (χ2v) is 6.83. The number of carbonyl (C=O) groups excluding carboxylic acids is 1. The Morgan fingerprint density at radius 1 is 1.35 bits per heavy atom. The highest BCUT2D eigenvalue weighted by Gasteiger charge is 2.62. The Morgan fingerprint density at radius 3 is 2.48 bits per heavy atom. The fraction of sp³-hybridized carbons (Fsp3) is 0.611. The van der Waals surface area contributed by atoms with Crippen LogP contribution in [0.15, 0.2) is 24.3 Å². The van der Waals surface area contributed by atoms with Gasteiger partial charge in [0.15, 0.2) is 0 Å². The molecule has 3 N–H and O–H groups in total. The van der Waals surface area contributed by atoms with Gasteiger partial charge in [0.1, 0.15) is 5.54 Å². The number of amides is 1. The number of aryl methyl sites for hydroxylation is 1. The zero-order chi connectivity index (χ0) is 16.4. The Labute approximate surface area is 145 Å². The van der Waals surface area contributed by atoms with Crippen molar-refractivity contribution in [3.05, 3.63) is 35.4 Å². The Hall–Kier alpha value is -1.10. The molecular formula is C18H29ClN2O2. The lowest BCUT2D eigenvalue weighted by atomic mass is 9.54. The molecule has 0 radical (unpaired) electrons. The number of benzene rings is 1. The third-order valence-electron chi connectivity index (χ3n) is 5.05. The predicted molar refractivity (Wildman–Crippen MR) is 95.9 cm³/mol. The summed E-state index contributed by atoms with van der Waals surface area (Å²) in [7, 11) is 0. The van der Waals surface area contributed by atoms with E-state index in [0.717, 1.165) is 6.42 Å². The number of halogens is 1. The highest BCUT2D eigenvalue weighted by Crippen LogP contribution is 2.49. The number of ether oxygens (including phenoxy) is 1. The maximum absolute atomic E-state index is 12.5. The number of nitrogens with two attached hydrogens (primary N) is 1. The summed E-state index contributed by atoms with van der Waals surface area (Å²) in [6.07, 6.45) is 1.46. The van der Waals surface area contributed by atoms with Crippen LogP contribution in [0, 0.1) is 12.3 Å². The molecule has 1 aromatic carbocycles. The largest absolute Gasteiger partial charge is 0.378 e. The van der Waals surface area contributed by atoms with Crippen molar-refractivity contribution in [1.29, 1.82) is 0 Å². The molecule has 2 rings (SSSR count). The van der Waals surface area contributed by atoms with Crippen molar-refractivity contribution < 1.29 is 9.53 Å². The van der Waals surface area contributed by atoms with Crippen molar-refractivity contribution in [2.75, 3.05) is 13.2 Å². The molecule has 0 aromatic heterocycles. The molecule has 2 unspecified atom stereocenters. The molecule has 1 aromatic rings. The van der Waals surface area contributed by atoms with E-state index in [9.17, 15) is 4.79 Å². The molecule has 0 bridgehead atoms. The van der Waals surface area contributed by atoms with Crippen molar-refractivity contribution >= 4 is 18.3 Å². The summed E-state index contributed by atoms with van der Waals surface area (Å²) >= 11 is 0. The lowest BCUT2D eigenvalue weighted by molar-refractivity contribution is -0.170. The second-order valence-electron chi connectivity index (χ2n) is 6.83. The first-order valence-electron chi connectivity index (χ1n) is 8.05. The van der Waals surface area contributed by atoms with E-state index in [1.54, 1.807) is 0 Å². The molecule has 0 heterocycles. The minimum atomic E-state index is -0.833. The van der Waals surface area contributed by atoms with Gasteiger partial charge in [0.05, 0.1) is 6.10 Å². The maximum atomic E-state index is 12.5. The highest BCUT2D eigenvalue weighted by atomic mass is 35.5. The average Bonchev–Trinajstić information content (AvgIpc) is 2.48. The minimum Gasteiger partial charge on any atom is -0.378 e. The number of hydrogen-bond acceptors (Lipinski definition) is 3. The van der Waals surface area contributed by atoms with E-state index in [2.05, 4.69) is 36.5 Å². The smallest absolute Gasteiger partial charge is 0.240 e. The molecule has 1 aliphatic carbocycles. The van der Waals surface area contributed by atoms with E-state index >= 15 is 0 Å². The van der Waals surface area contributed by atoms with Crippen molar-refractivity contribution in [2.45, 2.75) is 52.2 Å². The Bertz CT molecular complexity index is 530. The van der Waals surface area contributed by atoms with Gasteiger partial charge in [-0.2, -0.15) is 0 Å². The molecule has 23 heavy (non-hydrogen) atoms. The van der Waals surface area contributed by atoms with Crippen LogP contribution < -0.4 is 11.1 Å². The van der Waals surface area contributed by atoms with E-state index in [1.165, 1.54) is 11.1 Å². The van der Waals surface area contributed by atoms with Crippen LogP contribution in [0.3, 0.4) is 0 Å². The third-order valence-corrected chi connectivity index (χ3v) is 5.05. The lowest BCUT2D eigenvalue weighted by Gasteiger charge is -2.57. The van der Waals surface area contributed by atoms with Gasteiger partial charge < -0.3 is 15.8 Å². The van der Waals surface area contributed by atoms with Crippen molar-refractivity contribution in [2.24, 2.45) is 11.1 Å². The van der Waals surface area contributed by atoms with Crippen LogP contribution in [0.2, 0.25) is 0 Å². The molecule has 0 saturated heterocycles. The number of rotatable bonds is 6. The summed E-state index contributed by atoms with van der Waals surface area (Å²) in [5, 5.41) is 2.99. The van der Waals surface area contributed by atoms with Crippen LogP contribution in [0.5, 0.6) is 0 Å². The van der Waals surface area contributed by atoms with Gasteiger partial charge in [-0.1, -0.05) is 43.7 Å². The summed E-state index contributed by atoms with van der Waals surface area (Å²) in [4.78, 5) is 12.5. The first-order valence-corrected chi connectivity index (χ1v) is 8.05. The fourth-order valence-corrected chi connectivity index (χ4v) is 3.05. The molecule has 0 spiro atoms. The first kappa shape index (κ1) is 19.9. The summed E-state index contributed by atoms with van der Waals surface area (Å²) < 4.78 is 5.66. The average molecular weight is 341 g/mol. The van der Waals surface area contributed by atoms with Crippen LogP contribution in [0.1, 0.15) is 38.3 Å². The standard InChI is InChI=1S/C18H28N2O2.ClH/c1-5-22-15-12-18(19,17(15,3)4)16(21)20-11-10-14-8-6-13(2)7-9-14;/h6-9,15H,5,10-12,19H2,1-4H3,(H,20,21);1H. The third kappa shape index (κ3) is 3.87. The monoisotopic (exact) mass is 340 g/mol. The molecule has 1 fully saturated rings. The van der Waals surface area contributed by atoms with Gasteiger partial charge >= 0.3 is 0 Å². The van der Waals surface area contributed by atoms with Gasteiger partial charge in [-0.25, -0.2) is 0 Å². The van der Waals surface area contributed by atoms with Gasteiger partial charge in [0, 0.05) is 25.0 Å². The van der Waals surface area contributed by atoms with Gasteiger partial charge in [-0.3, -0.25) is 4.79 Å². The molecule has 2 atom stereocenters.